The fraction of sp³-hybridized carbons (Fsp3) is 0.400. The molecular weight excluding hydrogens is 274 g/mol. The van der Waals surface area contributed by atoms with E-state index in [1.807, 2.05) is 43.2 Å². The lowest BCUT2D eigenvalue weighted by Gasteiger charge is -2.32. The van der Waals surface area contributed by atoms with Gasteiger partial charge in [-0.05, 0) is 32.2 Å². The van der Waals surface area contributed by atoms with E-state index in [2.05, 4.69) is 17.3 Å². The fourth-order valence-electron chi connectivity index (χ4n) is 2.74. The highest BCUT2D eigenvalue weighted by Crippen LogP contribution is 2.42. The second-order valence-corrected chi connectivity index (χ2v) is 5.61. The number of hydrogen-bond acceptors (Lipinski definition) is 3. The third-order valence-corrected chi connectivity index (χ3v) is 4.27. The van der Waals surface area contributed by atoms with Gasteiger partial charge in [0.2, 0.25) is 0 Å². The molecule has 1 aliphatic heterocycles. The first-order chi connectivity index (χ1) is 9.60. The monoisotopic (exact) mass is 291 g/mol. The van der Waals surface area contributed by atoms with Crippen LogP contribution in [-0.2, 0) is 7.05 Å². The van der Waals surface area contributed by atoms with Crippen LogP contribution in [0.5, 0.6) is 5.75 Å². The molecule has 0 spiro atoms. The van der Waals surface area contributed by atoms with Crippen LogP contribution in [0, 0.1) is 6.92 Å². The Bertz CT molecular complexity index is 638. The van der Waals surface area contributed by atoms with E-state index >= 15 is 0 Å². The van der Waals surface area contributed by atoms with Gasteiger partial charge in [0, 0.05) is 41.4 Å². The zero-order valence-corrected chi connectivity index (χ0v) is 12.6. The summed E-state index contributed by atoms with van der Waals surface area (Å²) in [6, 6.07) is 6.03. The third kappa shape index (κ3) is 2.19. The first kappa shape index (κ1) is 13.5. The molecule has 5 heteroatoms. The molecule has 2 unspecified atom stereocenters. The summed E-state index contributed by atoms with van der Waals surface area (Å²) in [6.07, 6.45) is 2.79. The Morgan fingerprint density at radius 1 is 1.40 bits per heavy atom. The van der Waals surface area contributed by atoms with Crippen molar-refractivity contribution in [3.8, 4) is 5.75 Å². The number of benzene rings is 1. The summed E-state index contributed by atoms with van der Waals surface area (Å²) in [5.74, 6) is 0.897. The van der Waals surface area contributed by atoms with Crippen molar-refractivity contribution in [1.29, 1.82) is 0 Å². The molecule has 1 N–H and O–H groups in total. The normalized spacial score (nSPS) is 21.4. The molecule has 0 fully saturated rings. The van der Waals surface area contributed by atoms with Crippen molar-refractivity contribution < 1.29 is 4.74 Å². The van der Waals surface area contributed by atoms with Crippen molar-refractivity contribution >= 4 is 11.6 Å². The Balaban J connectivity index is 1.99. The molecule has 0 bridgehead atoms. The van der Waals surface area contributed by atoms with E-state index in [0.717, 1.165) is 34.0 Å². The number of fused-ring (bicyclic) bond motifs is 1. The van der Waals surface area contributed by atoms with Gasteiger partial charge in [-0.25, -0.2) is 0 Å². The smallest absolute Gasteiger partial charge is 0.129 e. The van der Waals surface area contributed by atoms with Crippen LogP contribution in [0.15, 0.2) is 24.4 Å². The summed E-state index contributed by atoms with van der Waals surface area (Å²) >= 11 is 6.08. The van der Waals surface area contributed by atoms with Gasteiger partial charge in [0.1, 0.15) is 11.9 Å². The Labute approximate surface area is 123 Å². The minimum absolute atomic E-state index is 0.0230. The predicted octanol–water partition coefficient (Wildman–Crippen LogP) is 3.17. The largest absolute Gasteiger partial charge is 0.485 e. The first-order valence-electron chi connectivity index (χ1n) is 6.72. The molecule has 0 aliphatic carbocycles. The summed E-state index contributed by atoms with van der Waals surface area (Å²) < 4.78 is 8.03. The zero-order chi connectivity index (χ0) is 14.3. The molecule has 106 valence electrons. The van der Waals surface area contributed by atoms with Crippen LogP contribution in [0.25, 0.3) is 0 Å². The van der Waals surface area contributed by atoms with E-state index in [1.165, 1.54) is 0 Å². The van der Waals surface area contributed by atoms with Crippen LogP contribution in [0.4, 0.5) is 0 Å². The van der Waals surface area contributed by atoms with Crippen LogP contribution in [0.1, 0.15) is 35.4 Å². The number of nitrogens with one attached hydrogen (secondary N) is 1. The van der Waals surface area contributed by atoms with Crippen LogP contribution in [0.3, 0.4) is 0 Å². The average molecular weight is 292 g/mol. The molecule has 0 saturated heterocycles. The topological polar surface area (TPSA) is 39.1 Å². The Hall–Kier alpha value is -1.52. The van der Waals surface area contributed by atoms with Crippen LogP contribution in [-0.4, -0.2) is 16.8 Å². The molecule has 3 rings (SSSR count). The predicted molar refractivity (Wildman–Crippen MR) is 79.2 cm³/mol. The molecule has 2 aromatic rings. The van der Waals surface area contributed by atoms with E-state index in [4.69, 9.17) is 16.3 Å². The maximum Gasteiger partial charge on any atom is 0.129 e. The highest BCUT2D eigenvalue weighted by atomic mass is 35.5. The van der Waals surface area contributed by atoms with E-state index in [-0.39, 0.29) is 12.1 Å². The first-order valence-corrected chi connectivity index (χ1v) is 7.10. The quantitative estimate of drug-likeness (QED) is 0.924. The summed E-state index contributed by atoms with van der Waals surface area (Å²) in [6.45, 7) is 2.07. The SMILES string of the molecule is CNC1CC(c2cnn(C)c2C)Oc2ccc(Cl)cc21. The maximum absolute atomic E-state index is 6.15. The standard InChI is InChI=1S/C15H18ClN3O/c1-9-12(8-18-19(9)3)15-7-13(17-2)11-6-10(16)4-5-14(11)20-15/h4-6,8,13,15,17H,7H2,1-3H3. The Morgan fingerprint density at radius 3 is 2.85 bits per heavy atom. The number of hydrogen-bond donors (Lipinski definition) is 1. The van der Waals surface area contributed by atoms with Crippen molar-refractivity contribution in [2.75, 3.05) is 7.05 Å². The number of ether oxygens (including phenoxy) is 1. The van der Waals surface area contributed by atoms with Gasteiger partial charge in [-0.2, -0.15) is 5.10 Å². The minimum atomic E-state index is 0.0230. The molecule has 1 aromatic carbocycles. The molecule has 0 saturated carbocycles. The van der Waals surface area contributed by atoms with Crippen LogP contribution < -0.4 is 10.1 Å². The lowest BCUT2D eigenvalue weighted by atomic mass is 9.93. The van der Waals surface area contributed by atoms with E-state index < -0.39 is 0 Å². The number of nitrogens with zero attached hydrogens (tertiary/aromatic N) is 2. The van der Waals surface area contributed by atoms with Crippen molar-refractivity contribution in [3.05, 3.63) is 46.2 Å². The molecular formula is C15H18ClN3O. The number of halogens is 1. The van der Waals surface area contributed by atoms with Gasteiger partial charge in [0.15, 0.2) is 0 Å². The number of aromatic nitrogens is 2. The molecule has 0 amide bonds. The van der Waals surface area contributed by atoms with Gasteiger partial charge in [-0.15, -0.1) is 0 Å². The van der Waals surface area contributed by atoms with Gasteiger partial charge >= 0.3 is 0 Å². The fourth-order valence-corrected chi connectivity index (χ4v) is 2.92. The minimum Gasteiger partial charge on any atom is -0.485 e. The molecule has 1 aromatic heterocycles. The summed E-state index contributed by atoms with van der Waals surface area (Å²) in [7, 11) is 3.92. The second-order valence-electron chi connectivity index (χ2n) is 5.17. The Kier molecular flexibility index (Phi) is 3.44. The van der Waals surface area contributed by atoms with Gasteiger partial charge in [0.05, 0.1) is 6.20 Å². The molecule has 20 heavy (non-hydrogen) atoms. The van der Waals surface area contributed by atoms with Crippen molar-refractivity contribution in [3.63, 3.8) is 0 Å². The van der Waals surface area contributed by atoms with E-state index in [0.29, 0.717) is 0 Å². The summed E-state index contributed by atoms with van der Waals surface area (Å²) in [5, 5.41) is 8.39. The maximum atomic E-state index is 6.15. The molecule has 4 nitrogen and oxygen atoms in total. The zero-order valence-electron chi connectivity index (χ0n) is 11.9. The summed E-state index contributed by atoms with van der Waals surface area (Å²) in [5.41, 5.74) is 3.41. The van der Waals surface area contributed by atoms with Crippen LogP contribution >= 0.6 is 11.6 Å². The molecule has 2 heterocycles. The second kappa shape index (κ2) is 5.11. The van der Waals surface area contributed by atoms with Gasteiger partial charge < -0.3 is 10.1 Å². The lowest BCUT2D eigenvalue weighted by molar-refractivity contribution is 0.153. The van der Waals surface area contributed by atoms with E-state index in [1.54, 1.807) is 0 Å². The molecule has 2 atom stereocenters. The van der Waals surface area contributed by atoms with Gasteiger partial charge in [-0.1, -0.05) is 11.6 Å². The highest BCUT2D eigenvalue weighted by molar-refractivity contribution is 6.30. The lowest BCUT2D eigenvalue weighted by Crippen LogP contribution is -2.27. The van der Waals surface area contributed by atoms with Crippen molar-refractivity contribution in [2.24, 2.45) is 7.05 Å². The van der Waals surface area contributed by atoms with Crippen molar-refractivity contribution in [2.45, 2.75) is 25.5 Å². The molecule has 1 aliphatic rings. The third-order valence-electron chi connectivity index (χ3n) is 4.03. The number of rotatable bonds is 2. The average Bonchev–Trinajstić information content (AvgIpc) is 2.78. The Morgan fingerprint density at radius 2 is 2.20 bits per heavy atom. The van der Waals surface area contributed by atoms with Crippen LogP contribution in [0.2, 0.25) is 5.02 Å². The number of aryl methyl sites for hydroxylation is 1. The van der Waals surface area contributed by atoms with Gasteiger partial charge in [-0.3, -0.25) is 4.68 Å². The molecule has 0 radical (unpaired) electrons. The van der Waals surface area contributed by atoms with Gasteiger partial charge in [0.25, 0.3) is 0 Å². The highest BCUT2D eigenvalue weighted by Gasteiger charge is 2.30. The van der Waals surface area contributed by atoms with E-state index in [9.17, 15) is 0 Å². The summed E-state index contributed by atoms with van der Waals surface area (Å²) in [4.78, 5) is 0. The van der Waals surface area contributed by atoms with Crippen molar-refractivity contribution in [1.82, 2.24) is 15.1 Å².